The van der Waals surface area contributed by atoms with E-state index in [4.69, 9.17) is 16.6 Å². The zero-order valence-corrected chi connectivity index (χ0v) is 14.6. The molecule has 2 rings (SSSR count). The maximum atomic E-state index is 12.0. The summed E-state index contributed by atoms with van der Waals surface area (Å²) < 4.78 is 5.05. The Morgan fingerprint density at radius 3 is 2.42 bits per heavy atom. The van der Waals surface area contributed by atoms with Crippen molar-refractivity contribution in [3.8, 4) is 0 Å². The number of anilines is 1. The lowest BCUT2D eigenvalue weighted by molar-refractivity contribution is -0.115. The summed E-state index contributed by atoms with van der Waals surface area (Å²) in [5.41, 5.74) is 5.71. The summed E-state index contributed by atoms with van der Waals surface area (Å²) in [4.78, 5) is 34.6. The molecule has 1 aromatic carbocycles. The van der Waals surface area contributed by atoms with E-state index in [2.05, 4.69) is 21.5 Å². The van der Waals surface area contributed by atoms with E-state index >= 15 is 0 Å². The molecule has 0 unspecified atom stereocenters. The zero-order valence-electron chi connectivity index (χ0n) is 13.7. The standard InChI is InChI=1S/C17H16N4O4S/c1-11(22)18-13-6-4-12(5-7-13)16(24)20-21-17(26)19-15(23)9-8-14-3-2-10-25-14/h2-10H,1H3,(H,18,22)(H,20,24)(H2,19,21,23,26). The van der Waals surface area contributed by atoms with Gasteiger partial charge in [0.15, 0.2) is 5.11 Å². The van der Waals surface area contributed by atoms with Crippen LogP contribution < -0.4 is 21.5 Å². The van der Waals surface area contributed by atoms with Crippen molar-refractivity contribution in [3.63, 3.8) is 0 Å². The van der Waals surface area contributed by atoms with E-state index in [0.29, 0.717) is 17.0 Å². The van der Waals surface area contributed by atoms with Gasteiger partial charge in [0.1, 0.15) is 5.76 Å². The van der Waals surface area contributed by atoms with Gasteiger partial charge >= 0.3 is 0 Å². The van der Waals surface area contributed by atoms with Crippen molar-refractivity contribution in [2.24, 2.45) is 0 Å². The molecule has 0 aliphatic heterocycles. The van der Waals surface area contributed by atoms with Gasteiger partial charge in [-0.3, -0.25) is 30.6 Å². The molecule has 1 heterocycles. The Kier molecular flexibility index (Phi) is 6.63. The van der Waals surface area contributed by atoms with E-state index in [1.807, 2.05) is 0 Å². The fourth-order valence-electron chi connectivity index (χ4n) is 1.82. The smallest absolute Gasteiger partial charge is 0.269 e. The third-order valence-electron chi connectivity index (χ3n) is 2.94. The Hall–Kier alpha value is -3.46. The van der Waals surface area contributed by atoms with E-state index in [-0.39, 0.29) is 11.0 Å². The minimum Gasteiger partial charge on any atom is -0.465 e. The van der Waals surface area contributed by atoms with Crippen LogP contribution in [0, 0.1) is 0 Å². The molecule has 0 saturated carbocycles. The third-order valence-corrected chi connectivity index (χ3v) is 3.14. The number of carbonyl (C=O) groups is 3. The van der Waals surface area contributed by atoms with Gasteiger partial charge in [-0.25, -0.2) is 0 Å². The van der Waals surface area contributed by atoms with Crippen molar-refractivity contribution in [2.45, 2.75) is 6.92 Å². The Bertz CT molecular complexity index is 829. The Morgan fingerprint density at radius 2 is 1.81 bits per heavy atom. The van der Waals surface area contributed by atoms with Gasteiger partial charge in [0.05, 0.1) is 6.26 Å². The summed E-state index contributed by atoms with van der Waals surface area (Å²) in [6, 6.07) is 9.65. The highest BCUT2D eigenvalue weighted by atomic mass is 32.1. The molecule has 0 fully saturated rings. The SMILES string of the molecule is CC(=O)Nc1ccc(C(=O)NNC(=S)NC(=O)C=Cc2ccco2)cc1. The van der Waals surface area contributed by atoms with Crippen LogP contribution in [0.4, 0.5) is 5.69 Å². The number of furan rings is 1. The molecule has 9 heteroatoms. The third kappa shape index (κ3) is 6.21. The molecule has 0 spiro atoms. The number of thiocarbonyl (C=S) groups is 1. The average molecular weight is 372 g/mol. The second-order valence-corrected chi connectivity index (χ2v) is 5.41. The Balaban J connectivity index is 1.78. The minimum atomic E-state index is -0.479. The summed E-state index contributed by atoms with van der Waals surface area (Å²) >= 11 is 4.92. The lowest BCUT2D eigenvalue weighted by atomic mass is 10.2. The van der Waals surface area contributed by atoms with Crippen LogP contribution >= 0.6 is 12.2 Å². The second-order valence-electron chi connectivity index (χ2n) is 5.00. The predicted molar refractivity (Wildman–Crippen MR) is 99.8 cm³/mol. The van der Waals surface area contributed by atoms with Gasteiger partial charge in [-0.15, -0.1) is 0 Å². The van der Waals surface area contributed by atoms with Crippen LogP contribution in [-0.2, 0) is 9.59 Å². The fourth-order valence-corrected chi connectivity index (χ4v) is 1.97. The van der Waals surface area contributed by atoms with E-state index in [1.165, 1.54) is 37.5 Å². The molecule has 4 N–H and O–H groups in total. The number of hydrogen-bond donors (Lipinski definition) is 4. The van der Waals surface area contributed by atoms with Gasteiger partial charge < -0.3 is 9.73 Å². The lowest BCUT2D eigenvalue weighted by Crippen LogP contribution is -2.48. The minimum absolute atomic E-state index is 0.0673. The molecule has 0 radical (unpaired) electrons. The number of benzene rings is 1. The number of carbonyl (C=O) groups excluding carboxylic acids is 3. The number of nitrogens with one attached hydrogen (secondary N) is 4. The van der Waals surface area contributed by atoms with Crippen molar-refractivity contribution >= 4 is 46.8 Å². The average Bonchev–Trinajstić information content (AvgIpc) is 3.11. The first-order chi connectivity index (χ1) is 12.4. The summed E-state index contributed by atoms with van der Waals surface area (Å²) in [5, 5.41) is 4.90. The molecule has 8 nitrogen and oxygen atoms in total. The molecule has 26 heavy (non-hydrogen) atoms. The highest BCUT2D eigenvalue weighted by Crippen LogP contribution is 2.09. The first-order valence-electron chi connectivity index (χ1n) is 7.44. The van der Waals surface area contributed by atoms with Crippen LogP contribution in [0.3, 0.4) is 0 Å². The molecule has 2 aromatic rings. The van der Waals surface area contributed by atoms with Crippen LogP contribution in [0.2, 0.25) is 0 Å². The van der Waals surface area contributed by atoms with E-state index < -0.39 is 11.8 Å². The first-order valence-corrected chi connectivity index (χ1v) is 7.85. The Labute approximate surface area is 154 Å². The van der Waals surface area contributed by atoms with Crippen LogP contribution in [0.25, 0.3) is 6.08 Å². The van der Waals surface area contributed by atoms with Crippen LogP contribution in [0.15, 0.2) is 53.2 Å². The molecule has 0 bridgehead atoms. The Morgan fingerprint density at radius 1 is 1.08 bits per heavy atom. The zero-order chi connectivity index (χ0) is 18.9. The van der Waals surface area contributed by atoms with Gasteiger partial charge in [0.25, 0.3) is 5.91 Å². The maximum absolute atomic E-state index is 12.0. The van der Waals surface area contributed by atoms with Crippen molar-refractivity contribution < 1.29 is 18.8 Å². The van der Waals surface area contributed by atoms with E-state index in [9.17, 15) is 14.4 Å². The summed E-state index contributed by atoms with van der Waals surface area (Å²) in [5.74, 6) is -0.615. The largest absolute Gasteiger partial charge is 0.465 e. The molecular formula is C17H16N4O4S. The molecular weight excluding hydrogens is 356 g/mol. The van der Waals surface area contributed by atoms with Gasteiger partial charge in [-0.05, 0) is 54.7 Å². The summed E-state index contributed by atoms with van der Waals surface area (Å²) in [6.07, 6.45) is 4.21. The summed E-state index contributed by atoms with van der Waals surface area (Å²) in [7, 11) is 0. The predicted octanol–water partition coefficient (Wildman–Crippen LogP) is 1.59. The number of amides is 3. The monoisotopic (exact) mass is 372 g/mol. The molecule has 0 aliphatic rings. The van der Waals surface area contributed by atoms with Crippen molar-refractivity contribution in [1.82, 2.24) is 16.2 Å². The maximum Gasteiger partial charge on any atom is 0.269 e. The lowest BCUT2D eigenvalue weighted by Gasteiger charge is -2.10. The molecule has 1 aromatic heterocycles. The van der Waals surface area contributed by atoms with Gasteiger partial charge in [-0.1, -0.05) is 0 Å². The molecule has 0 atom stereocenters. The molecule has 0 aliphatic carbocycles. The quantitative estimate of drug-likeness (QED) is 0.368. The summed E-state index contributed by atoms with van der Waals surface area (Å²) in [6.45, 7) is 1.39. The van der Waals surface area contributed by atoms with E-state index in [1.54, 1.807) is 24.3 Å². The van der Waals surface area contributed by atoms with Gasteiger partial charge in [-0.2, -0.15) is 0 Å². The molecule has 3 amide bonds. The molecule has 0 saturated heterocycles. The van der Waals surface area contributed by atoms with E-state index in [0.717, 1.165) is 0 Å². The van der Waals surface area contributed by atoms with Crippen LogP contribution in [0.1, 0.15) is 23.0 Å². The first kappa shape index (κ1) is 18.9. The highest BCUT2D eigenvalue weighted by molar-refractivity contribution is 7.80. The topological polar surface area (TPSA) is 112 Å². The number of hydrazine groups is 1. The van der Waals surface area contributed by atoms with Crippen molar-refractivity contribution in [1.29, 1.82) is 0 Å². The van der Waals surface area contributed by atoms with Crippen molar-refractivity contribution in [2.75, 3.05) is 5.32 Å². The van der Waals surface area contributed by atoms with Crippen LogP contribution in [0.5, 0.6) is 0 Å². The van der Waals surface area contributed by atoms with Crippen molar-refractivity contribution in [3.05, 3.63) is 60.1 Å². The second kappa shape index (κ2) is 9.14. The fraction of sp³-hybridized carbons (Fsp3) is 0.0588. The number of rotatable bonds is 4. The van der Waals surface area contributed by atoms with Gasteiger partial charge in [0, 0.05) is 24.3 Å². The highest BCUT2D eigenvalue weighted by Gasteiger charge is 2.07. The van der Waals surface area contributed by atoms with Crippen LogP contribution in [-0.4, -0.2) is 22.8 Å². The molecule has 134 valence electrons. The van der Waals surface area contributed by atoms with Gasteiger partial charge in [0.2, 0.25) is 11.8 Å². The number of hydrogen-bond acceptors (Lipinski definition) is 5. The normalized spacial score (nSPS) is 10.2.